The number of aliphatic hydroxyl groups is 1. The first-order chi connectivity index (χ1) is 15.0. The molecular formula is C25H34BrN3O2. The molecule has 1 aromatic carbocycles. The van der Waals surface area contributed by atoms with E-state index in [1.54, 1.807) is 17.0 Å². The van der Waals surface area contributed by atoms with Gasteiger partial charge in [0.1, 0.15) is 0 Å². The molecule has 5 nitrogen and oxygen atoms in total. The van der Waals surface area contributed by atoms with E-state index in [-0.39, 0.29) is 5.56 Å². The van der Waals surface area contributed by atoms with Crippen LogP contribution in [0.25, 0.3) is 10.9 Å². The number of rotatable bonds is 5. The van der Waals surface area contributed by atoms with E-state index in [1.807, 2.05) is 12.1 Å². The van der Waals surface area contributed by atoms with Gasteiger partial charge in [0, 0.05) is 23.6 Å². The molecule has 2 atom stereocenters. The van der Waals surface area contributed by atoms with Crippen LogP contribution in [0.3, 0.4) is 0 Å². The molecule has 31 heavy (non-hydrogen) atoms. The van der Waals surface area contributed by atoms with E-state index in [0.717, 1.165) is 42.2 Å². The van der Waals surface area contributed by atoms with Crippen molar-refractivity contribution in [2.24, 2.45) is 11.8 Å². The first-order valence-corrected chi connectivity index (χ1v) is 12.9. The summed E-state index contributed by atoms with van der Waals surface area (Å²) in [6, 6.07) is 6.22. The average Bonchev–Trinajstić information content (AvgIpc) is 3.43. The molecule has 1 N–H and O–H groups in total. The molecule has 2 unspecified atom stereocenters. The van der Waals surface area contributed by atoms with E-state index in [4.69, 9.17) is 0 Å². The lowest BCUT2D eigenvalue weighted by Crippen LogP contribution is -2.50. The quantitative estimate of drug-likeness (QED) is 0.661. The maximum Gasteiger partial charge on any atom is 0.261 e. The summed E-state index contributed by atoms with van der Waals surface area (Å²) in [7, 11) is 0. The van der Waals surface area contributed by atoms with E-state index in [1.165, 1.54) is 51.4 Å². The zero-order chi connectivity index (χ0) is 21.4. The van der Waals surface area contributed by atoms with Crippen molar-refractivity contribution in [3.8, 4) is 0 Å². The highest BCUT2D eigenvalue weighted by molar-refractivity contribution is 9.10. The second kappa shape index (κ2) is 8.95. The maximum atomic E-state index is 12.9. The fourth-order valence-electron chi connectivity index (χ4n) is 6.34. The number of hydrogen-bond donors (Lipinski definition) is 1. The summed E-state index contributed by atoms with van der Waals surface area (Å²) in [5.74, 6) is 1.90. The lowest BCUT2D eigenvalue weighted by Gasteiger charge is -2.41. The molecule has 0 amide bonds. The molecule has 2 heterocycles. The molecule has 0 bridgehead atoms. The van der Waals surface area contributed by atoms with Crippen molar-refractivity contribution in [1.82, 2.24) is 14.5 Å². The number of nitrogens with zero attached hydrogens (tertiary/aromatic N) is 3. The van der Waals surface area contributed by atoms with Crippen molar-refractivity contribution in [1.29, 1.82) is 0 Å². The summed E-state index contributed by atoms with van der Waals surface area (Å²) < 4.78 is 2.51. The third kappa shape index (κ3) is 4.76. The second-order valence-corrected chi connectivity index (χ2v) is 11.2. The summed E-state index contributed by atoms with van der Waals surface area (Å²) in [6.07, 6.45) is 14.3. The van der Waals surface area contributed by atoms with Gasteiger partial charge in [-0.25, -0.2) is 4.98 Å². The van der Waals surface area contributed by atoms with Crippen LogP contribution in [0.5, 0.6) is 0 Å². The molecule has 5 rings (SSSR count). The van der Waals surface area contributed by atoms with Crippen molar-refractivity contribution < 1.29 is 5.11 Å². The van der Waals surface area contributed by atoms with Crippen molar-refractivity contribution in [3.05, 3.63) is 39.4 Å². The Morgan fingerprint density at radius 3 is 2.65 bits per heavy atom. The fourth-order valence-corrected chi connectivity index (χ4v) is 6.69. The molecule has 3 aliphatic rings. The number of fused-ring (bicyclic) bond motifs is 1. The molecular weight excluding hydrogens is 454 g/mol. The van der Waals surface area contributed by atoms with E-state index in [0.29, 0.717) is 23.5 Å². The minimum absolute atomic E-state index is 0.0705. The van der Waals surface area contributed by atoms with E-state index in [2.05, 4.69) is 25.8 Å². The molecule has 2 aromatic rings. The zero-order valence-electron chi connectivity index (χ0n) is 18.3. The summed E-state index contributed by atoms with van der Waals surface area (Å²) in [6.45, 7) is 2.19. The Kier molecular flexibility index (Phi) is 6.24. The van der Waals surface area contributed by atoms with Gasteiger partial charge in [0.15, 0.2) is 0 Å². The highest BCUT2D eigenvalue weighted by atomic mass is 79.9. The molecule has 0 radical (unpaired) electrons. The minimum atomic E-state index is -0.826. The van der Waals surface area contributed by atoms with Crippen LogP contribution >= 0.6 is 15.9 Å². The molecule has 1 aromatic heterocycles. The van der Waals surface area contributed by atoms with Crippen LogP contribution < -0.4 is 5.56 Å². The number of benzene rings is 1. The Hall–Kier alpha value is -1.24. The van der Waals surface area contributed by atoms with Crippen LogP contribution in [-0.4, -0.2) is 44.3 Å². The Labute approximate surface area is 193 Å². The van der Waals surface area contributed by atoms with E-state index >= 15 is 0 Å². The molecule has 1 saturated heterocycles. The number of piperidine rings is 1. The summed E-state index contributed by atoms with van der Waals surface area (Å²) in [5, 5.41) is 11.8. The van der Waals surface area contributed by atoms with Gasteiger partial charge < -0.3 is 10.0 Å². The monoisotopic (exact) mass is 487 g/mol. The number of hydrogen-bond acceptors (Lipinski definition) is 4. The standard InChI is InChI=1S/C25H34BrN3O2/c26-20-6-8-22-23(15-20)27-17-29(24(22)30)16-25(31)9-11-28(12-10-25)21-7-5-19(14-21)13-18-3-1-2-4-18/h6,8,15,17-19,21,31H,1-5,7,9-14,16H2. The third-order valence-corrected chi connectivity index (χ3v) is 8.65. The maximum absolute atomic E-state index is 12.9. The van der Waals surface area contributed by atoms with Gasteiger partial charge in [-0.1, -0.05) is 41.6 Å². The van der Waals surface area contributed by atoms with Gasteiger partial charge in [0.2, 0.25) is 0 Å². The summed E-state index contributed by atoms with van der Waals surface area (Å²) in [4.78, 5) is 19.9. The van der Waals surface area contributed by atoms with Crippen molar-refractivity contribution in [2.45, 2.75) is 82.4 Å². The topological polar surface area (TPSA) is 58.4 Å². The molecule has 6 heteroatoms. The first kappa shape index (κ1) is 21.6. The average molecular weight is 488 g/mol. The molecule has 1 aliphatic heterocycles. The molecule has 2 aliphatic carbocycles. The Morgan fingerprint density at radius 2 is 1.87 bits per heavy atom. The van der Waals surface area contributed by atoms with Crippen LogP contribution in [0.4, 0.5) is 0 Å². The summed E-state index contributed by atoms with van der Waals surface area (Å²) >= 11 is 3.43. The predicted octanol–water partition coefficient (Wildman–Crippen LogP) is 4.73. The van der Waals surface area contributed by atoms with Crippen LogP contribution in [0.1, 0.15) is 64.2 Å². The fraction of sp³-hybridized carbons (Fsp3) is 0.680. The van der Waals surface area contributed by atoms with Crippen LogP contribution in [0, 0.1) is 11.8 Å². The summed E-state index contributed by atoms with van der Waals surface area (Å²) in [5.41, 5.74) is -0.211. The van der Waals surface area contributed by atoms with Crippen LogP contribution in [0.2, 0.25) is 0 Å². The predicted molar refractivity (Wildman–Crippen MR) is 127 cm³/mol. The van der Waals surface area contributed by atoms with Crippen LogP contribution in [-0.2, 0) is 6.54 Å². The zero-order valence-corrected chi connectivity index (χ0v) is 19.9. The highest BCUT2D eigenvalue weighted by Crippen LogP contribution is 2.39. The number of aromatic nitrogens is 2. The lowest BCUT2D eigenvalue weighted by atomic mass is 9.89. The van der Waals surface area contributed by atoms with Gasteiger partial charge in [-0.15, -0.1) is 0 Å². The third-order valence-electron chi connectivity index (χ3n) is 8.15. The number of halogens is 1. The minimum Gasteiger partial charge on any atom is -0.388 e. The molecule has 3 fully saturated rings. The largest absolute Gasteiger partial charge is 0.388 e. The van der Waals surface area contributed by atoms with Crippen molar-refractivity contribution in [3.63, 3.8) is 0 Å². The van der Waals surface area contributed by atoms with Crippen molar-refractivity contribution >= 4 is 26.8 Å². The van der Waals surface area contributed by atoms with E-state index < -0.39 is 5.60 Å². The smallest absolute Gasteiger partial charge is 0.261 e. The van der Waals surface area contributed by atoms with Gasteiger partial charge in [-0.3, -0.25) is 9.36 Å². The Balaban J connectivity index is 1.18. The van der Waals surface area contributed by atoms with Crippen molar-refractivity contribution in [2.75, 3.05) is 13.1 Å². The SMILES string of the molecule is O=c1c2ccc(Br)cc2ncn1CC1(O)CCN(C2CCC(CC3CCCC3)C2)CC1. The number of likely N-dealkylation sites (tertiary alicyclic amines) is 1. The second-order valence-electron chi connectivity index (χ2n) is 10.3. The van der Waals surface area contributed by atoms with Gasteiger partial charge in [-0.2, -0.15) is 0 Å². The Bertz CT molecular complexity index is 976. The first-order valence-electron chi connectivity index (χ1n) is 12.1. The van der Waals surface area contributed by atoms with Crippen LogP contribution in [0.15, 0.2) is 33.8 Å². The Morgan fingerprint density at radius 1 is 1.10 bits per heavy atom. The normalized spacial score (nSPS) is 27.3. The van der Waals surface area contributed by atoms with Gasteiger partial charge in [0.05, 0.1) is 29.4 Å². The van der Waals surface area contributed by atoms with Gasteiger partial charge in [-0.05, 0) is 68.6 Å². The van der Waals surface area contributed by atoms with Gasteiger partial charge in [0.25, 0.3) is 5.56 Å². The molecule has 168 valence electrons. The van der Waals surface area contributed by atoms with Gasteiger partial charge >= 0.3 is 0 Å². The molecule has 0 spiro atoms. The lowest BCUT2D eigenvalue weighted by molar-refractivity contribution is -0.0433. The highest BCUT2D eigenvalue weighted by Gasteiger charge is 2.38. The molecule has 2 saturated carbocycles. The van der Waals surface area contributed by atoms with E-state index in [9.17, 15) is 9.90 Å².